The number of aliphatic hydroxyl groups excluding tert-OH is 1. The molecule has 1 aliphatic rings. The lowest BCUT2D eigenvalue weighted by molar-refractivity contribution is 0.196. The summed E-state index contributed by atoms with van der Waals surface area (Å²) in [7, 11) is 0. The van der Waals surface area contributed by atoms with Crippen molar-refractivity contribution in [2.75, 3.05) is 39.3 Å². The summed E-state index contributed by atoms with van der Waals surface area (Å²) in [5.74, 6) is -0.299. The molecule has 1 aromatic carbocycles. The fourth-order valence-corrected chi connectivity index (χ4v) is 2.81. The fraction of sp³-hybridized carbons (Fsp3) is 0.533. The van der Waals surface area contributed by atoms with Crippen molar-refractivity contribution in [2.24, 2.45) is 5.73 Å². The van der Waals surface area contributed by atoms with Gasteiger partial charge in [-0.15, -0.1) is 0 Å². The van der Waals surface area contributed by atoms with E-state index in [9.17, 15) is 4.39 Å². The van der Waals surface area contributed by atoms with Crippen LogP contribution in [0.25, 0.3) is 0 Å². The average Bonchev–Trinajstić information content (AvgIpc) is 2.64. The topological polar surface area (TPSA) is 52.7 Å². The van der Waals surface area contributed by atoms with Crippen LogP contribution in [0.15, 0.2) is 18.2 Å². The highest BCUT2D eigenvalue weighted by Crippen LogP contribution is 2.13. The minimum Gasteiger partial charge on any atom is -0.395 e. The van der Waals surface area contributed by atoms with Crippen LogP contribution >= 0.6 is 12.2 Å². The van der Waals surface area contributed by atoms with E-state index >= 15 is 0 Å². The van der Waals surface area contributed by atoms with Crippen molar-refractivity contribution < 1.29 is 9.50 Å². The van der Waals surface area contributed by atoms with Crippen LogP contribution in [-0.2, 0) is 6.54 Å². The van der Waals surface area contributed by atoms with Crippen LogP contribution < -0.4 is 5.73 Å². The molecule has 6 heteroatoms. The van der Waals surface area contributed by atoms with Gasteiger partial charge in [-0.05, 0) is 43.3 Å². The van der Waals surface area contributed by atoms with E-state index in [2.05, 4.69) is 9.80 Å². The molecule has 0 atom stereocenters. The largest absolute Gasteiger partial charge is 0.395 e. The van der Waals surface area contributed by atoms with Crippen LogP contribution in [-0.4, -0.2) is 59.2 Å². The minimum absolute atomic E-state index is 0.196. The third-order valence-corrected chi connectivity index (χ3v) is 3.98. The van der Waals surface area contributed by atoms with Gasteiger partial charge in [0.15, 0.2) is 0 Å². The Balaban J connectivity index is 1.99. The number of hydrogen-bond acceptors (Lipinski definition) is 4. The van der Waals surface area contributed by atoms with Crippen molar-refractivity contribution in [3.63, 3.8) is 0 Å². The van der Waals surface area contributed by atoms with Gasteiger partial charge in [0.1, 0.15) is 10.8 Å². The molecule has 1 heterocycles. The molecule has 3 N–H and O–H groups in total. The molecule has 1 aromatic rings. The van der Waals surface area contributed by atoms with Gasteiger partial charge in [-0.3, -0.25) is 9.80 Å². The van der Waals surface area contributed by atoms with Gasteiger partial charge in [0.2, 0.25) is 0 Å². The zero-order valence-corrected chi connectivity index (χ0v) is 12.9. The van der Waals surface area contributed by atoms with Gasteiger partial charge in [0.25, 0.3) is 0 Å². The molecular weight excluding hydrogens is 289 g/mol. The summed E-state index contributed by atoms with van der Waals surface area (Å²) in [6.45, 7) is 5.43. The molecule has 0 spiro atoms. The first-order valence-electron chi connectivity index (χ1n) is 7.23. The second kappa shape index (κ2) is 7.79. The second-order valence-electron chi connectivity index (χ2n) is 5.41. The van der Waals surface area contributed by atoms with Crippen LogP contribution in [0.5, 0.6) is 0 Å². The van der Waals surface area contributed by atoms with Gasteiger partial charge < -0.3 is 10.8 Å². The number of nitrogens with two attached hydrogens (primary N) is 1. The number of nitrogens with zero attached hydrogens (tertiary/aromatic N) is 2. The molecule has 0 bridgehead atoms. The van der Waals surface area contributed by atoms with Gasteiger partial charge in [-0.2, -0.15) is 0 Å². The molecule has 0 amide bonds. The van der Waals surface area contributed by atoms with Crippen LogP contribution in [0.4, 0.5) is 4.39 Å². The highest BCUT2D eigenvalue weighted by molar-refractivity contribution is 7.80. The normalized spacial score (nSPS) is 17.6. The number of rotatable bonds is 5. The molecule has 0 aliphatic carbocycles. The number of thiocarbonyl (C=S) groups is 1. The lowest BCUT2D eigenvalue weighted by Gasteiger charge is -2.21. The maximum absolute atomic E-state index is 13.6. The standard InChI is InChI=1S/C15H22FN3OS/c16-14-9-12(8-13(10-14)15(17)21)11-19-3-1-2-18(4-5-19)6-7-20/h8-10,20H,1-7,11H2,(H2,17,21). The Morgan fingerprint density at radius 2 is 1.90 bits per heavy atom. The molecule has 0 unspecified atom stereocenters. The van der Waals surface area contributed by atoms with Crippen LogP contribution in [0.3, 0.4) is 0 Å². The monoisotopic (exact) mass is 311 g/mol. The molecule has 1 fully saturated rings. The van der Waals surface area contributed by atoms with Crippen molar-refractivity contribution in [1.29, 1.82) is 0 Å². The molecular formula is C15H22FN3OS. The molecule has 1 aliphatic heterocycles. The van der Waals surface area contributed by atoms with Crippen LogP contribution in [0.1, 0.15) is 17.5 Å². The molecule has 116 valence electrons. The van der Waals surface area contributed by atoms with Gasteiger partial charge in [-0.1, -0.05) is 12.2 Å². The van der Waals surface area contributed by atoms with Crippen molar-refractivity contribution in [3.05, 3.63) is 35.1 Å². The summed E-state index contributed by atoms with van der Waals surface area (Å²) in [5.41, 5.74) is 7.06. The summed E-state index contributed by atoms with van der Waals surface area (Å²) in [4.78, 5) is 4.78. The van der Waals surface area contributed by atoms with Crippen molar-refractivity contribution in [2.45, 2.75) is 13.0 Å². The fourth-order valence-electron chi connectivity index (χ4n) is 2.69. The molecule has 0 saturated carbocycles. The van der Waals surface area contributed by atoms with Gasteiger partial charge >= 0.3 is 0 Å². The molecule has 21 heavy (non-hydrogen) atoms. The Hall–Kier alpha value is -1.08. The average molecular weight is 311 g/mol. The Labute approximate surface area is 130 Å². The van der Waals surface area contributed by atoms with Crippen molar-refractivity contribution in [3.8, 4) is 0 Å². The first-order chi connectivity index (χ1) is 10.1. The van der Waals surface area contributed by atoms with Gasteiger partial charge in [-0.25, -0.2) is 4.39 Å². The predicted molar refractivity (Wildman–Crippen MR) is 85.7 cm³/mol. The SMILES string of the molecule is NC(=S)c1cc(F)cc(CN2CCCN(CCO)CC2)c1. The summed E-state index contributed by atoms with van der Waals surface area (Å²) in [6.07, 6.45) is 1.05. The number of hydrogen-bond donors (Lipinski definition) is 2. The first kappa shape index (κ1) is 16.3. The van der Waals surface area contributed by atoms with E-state index in [1.807, 2.05) is 6.07 Å². The maximum Gasteiger partial charge on any atom is 0.124 e. The van der Waals surface area contributed by atoms with E-state index in [1.165, 1.54) is 12.1 Å². The third-order valence-electron chi connectivity index (χ3n) is 3.75. The van der Waals surface area contributed by atoms with Gasteiger partial charge in [0, 0.05) is 31.7 Å². The van der Waals surface area contributed by atoms with E-state index in [-0.39, 0.29) is 17.4 Å². The highest BCUT2D eigenvalue weighted by atomic mass is 32.1. The first-order valence-corrected chi connectivity index (χ1v) is 7.64. The summed E-state index contributed by atoms with van der Waals surface area (Å²) >= 11 is 4.92. The van der Waals surface area contributed by atoms with E-state index in [0.29, 0.717) is 12.1 Å². The predicted octanol–water partition coefficient (Wildman–Crippen LogP) is 0.960. The Morgan fingerprint density at radius 3 is 2.62 bits per heavy atom. The van der Waals surface area contributed by atoms with Gasteiger partial charge in [0.05, 0.1) is 6.61 Å². The summed E-state index contributed by atoms with van der Waals surface area (Å²) in [5, 5.41) is 9.00. The molecule has 0 radical (unpaired) electrons. The van der Waals surface area contributed by atoms with E-state index in [1.54, 1.807) is 0 Å². The highest BCUT2D eigenvalue weighted by Gasteiger charge is 2.15. The van der Waals surface area contributed by atoms with Crippen molar-refractivity contribution in [1.82, 2.24) is 9.80 Å². The smallest absolute Gasteiger partial charge is 0.124 e. The second-order valence-corrected chi connectivity index (χ2v) is 5.85. The number of halogens is 1. The molecule has 0 aromatic heterocycles. The van der Waals surface area contributed by atoms with Crippen molar-refractivity contribution >= 4 is 17.2 Å². The maximum atomic E-state index is 13.6. The zero-order valence-electron chi connectivity index (χ0n) is 12.1. The zero-order chi connectivity index (χ0) is 15.2. The number of benzene rings is 1. The molecule has 2 rings (SSSR count). The summed E-state index contributed by atoms with van der Waals surface area (Å²) < 4.78 is 13.6. The van der Waals surface area contributed by atoms with E-state index in [4.69, 9.17) is 23.1 Å². The van der Waals surface area contributed by atoms with Crippen LogP contribution in [0.2, 0.25) is 0 Å². The summed E-state index contributed by atoms with van der Waals surface area (Å²) in [6, 6.07) is 4.77. The third kappa shape index (κ3) is 5.00. The molecule has 1 saturated heterocycles. The number of β-amino-alcohol motifs (C(OH)–C–C–N with tert-alkyl or cyclic N) is 1. The minimum atomic E-state index is -0.299. The number of aliphatic hydroxyl groups is 1. The van der Waals surface area contributed by atoms with Crippen LogP contribution in [0, 0.1) is 5.82 Å². The lowest BCUT2D eigenvalue weighted by atomic mass is 10.1. The lowest BCUT2D eigenvalue weighted by Crippen LogP contribution is -2.32. The Kier molecular flexibility index (Phi) is 6.05. The quantitative estimate of drug-likeness (QED) is 0.793. The van der Waals surface area contributed by atoms with E-state index < -0.39 is 0 Å². The Morgan fingerprint density at radius 1 is 1.19 bits per heavy atom. The molecule has 4 nitrogen and oxygen atoms in total. The van der Waals surface area contributed by atoms with E-state index in [0.717, 1.165) is 44.7 Å². The Bertz CT molecular complexity index is 498.